The Labute approximate surface area is 102 Å². The molecule has 90 valence electrons. The molecule has 17 heavy (non-hydrogen) atoms. The summed E-state index contributed by atoms with van der Waals surface area (Å²) in [4.78, 5) is 15.9. The maximum atomic E-state index is 11.9. The fourth-order valence-corrected chi connectivity index (χ4v) is 2.57. The molecule has 0 unspecified atom stereocenters. The summed E-state index contributed by atoms with van der Waals surface area (Å²) in [5.41, 5.74) is -0.183. The van der Waals surface area contributed by atoms with Gasteiger partial charge >= 0.3 is 0 Å². The van der Waals surface area contributed by atoms with E-state index in [9.17, 15) is 13.2 Å². The molecule has 1 aromatic carbocycles. The quantitative estimate of drug-likeness (QED) is 0.731. The van der Waals surface area contributed by atoms with Gasteiger partial charge < -0.3 is 0 Å². The molecule has 0 fully saturated rings. The molecule has 2 rings (SSSR count). The van der Waals surface area contributed by atoms with Gasteiger partial charge in [-0.3, -0.25) is 9.36 Å². The first kappa shape index (κ1) is 12.1. The van der Waals surface area contributed by atoms with Crippen LogP contribution in [0.25, 0.3) is 10.9 Å². The van der Waals surface area contributed by atoms with Crippen molar-refractivity contribution in [3.63, 3.8) is 0 Å². The molecule has 0 spiro atoms. The third-order valence-electron chi connectivity index (χ3n) is 2.56. The van der Waals surface area contributed by atoms with Crippen LogP contribution in [0.1, 0.15) is 5.82 Å². The van der Waals surface area contributed by atoms with Crippen molar-refractivity contribution in [1.82, 2.24) is 9.55 Å². The van der Waals surface area contributed by atoms with Crippen LogP contribution in [-0.4, -0.2) is 18.0 Å². The Balaban J connectivity index is 3.08. The van der Waals surface area contributed by atoms with Crippen LogP contribution in [0.3, 0.4) is 0 Å². The molecule has 0 N–H and O–H groups in total. The van der Waals surface area contributed by atoms with Crippen LogP contribution in [0, 0.1) is 6.92 Å². The Hall–Kier alpha value is -1.40. The van der Waals surface area contributed by atoms with E-state index in [1.807, 2.05) is 0 Å². The molecule has 0 saturated heterocycles. The van der Waals surface area contributed by atoms with Crippen LogP contribution in [0.2, 0.25) is 0 Å². The second kappa shape index (κ2) is 3.82. The van der Waals surface area contributed by atoms with Gasteiger partial charge in [0, 0.05) is 17.7 Å². The zero-order chi connectivity index (χ0) is 12.8. The van der Waals surface area contributed by atoms with Crippen molar-refractivity contribution in [3.8, 4) is 0 Å². The first-order valence-electron chi connectivity index (χ1n) is 4.73. The fraction of sp³-hybridized carbons (Fsp3) is 0.200. The van der Waals surface area contributed by atoms with E-state index in [1.54, 1.807) is 14.0 Å². The van der Waals surface area contributed by atoms with Gasteiger partial charge in [0.05, 0.1) is 10.9 Å². The number of aromatic nitrogens is 2. The Bertz CT molecular complexity index is 765. The highest BCUT2D eigenvalue weighted by Gasteiger charge is 2.17. The van der Waals surface area contributed by atoms with E-state index in [-0.39, 0.29) is 21.4 Å². The highest BCUT2D eigenvalue weighted by Crippen LogP contribution is 2.22. The number of fused-ring (bicyclic) bond motifs is 1. The van der Waals surface area contributed by atoms with E-state index in [4.69, 9.17) is 10.7 Å². The zero-order valence-corrected chi connectivity index (χ0v) is 10.7. The summed E-state index contributed by atoms with van der Waals surface area (Å²) >= 11 is 0. The number of hydrogen-bond donors (Lipinski definition) is 0. The summed E-state index contributed by atoms with van der Waals surface area (Å²) in [6.45, 7) is 1.62. The number of rotatable bonds is 1. The van der Waals surface area contributed by atoms with E-state index in [0.29, 0.717) is 5.82 Å². The molecule has 0 bridgehead atoms. The smallest absolute Gasteiger partial charge is 0.263 e. The van der Waals surface area contributed by atoms with Crippen molar-refractivity contribution in [2.45, 2.75) is 11.8 Å². The van der Waals surface area contributed by atoms with Gasteiger partial charge in [-0.1, -0.05) is 6.07 Å². The first-order valence-corrected chi connectivity index (χ1v) is 7.04. The number of nitrogens with zero attached hydrogens (tertiary/aromatic N) is 2. The van der Waals surface area contributed by atoms with Crippen molar-refractivity contribution in [2.24, 2.45) is 7.05 Å². The predicted molar refractivity (Wildman–Crippen MR) is 64.8 cm³/mol. The summed E-state index contributed by atoms with van der Waals surface area (Å²) in [6, 6.07) is 4.32. The van der Waals surface area contributed by atoms with Crippen LogP contribution < -0.4 is 5.56 Å². The molecule has 0 aliphatic carbocycles. The summed E-state index contributed by atoms with van der Waals surface area (Å²) in [6.07, 6.45) is 0. The van der Waals surface area contributed by atoms with Crippen LogP contribution in [0.4, 0.5) is 0 Å². The van der Waals surface area contributed by atoms with E-state index >= 15 is 0 Å². The van der Waals surface area contributed by atoms with Crippen molar-refractivity contribution in [3.05, 3.63) is 34.4 Å². The normalized spacial score (nSPS) is 11.9. The molecule has 0 aliphatic heterocycles. The molecule has 0 atom stereocenters. The third kappa shape index (κ3) is 1.94. The van der Waals surface area contributed by atoms with Crippen molar-refractivity contribution >= 4 is 30.6 Å². The number of para-hydroxylation sites is 1. The van der Waals surface area contributed by atoms with Crippen LogP contribution in [0.15, 0.2) is 27.9 Å². The molecule has 0 radical (unpaired) electrons. The van der Waals surface area contributed by atoms with Crippen molar-refractivity contribution < 1.29 is 8.42 Å². The van der Waals surface area contributed by atoms with E-state index in [0.717, 1.165) is 0 Å². The average Bonchev–Trinajstić information content (AvgIpc) is 2.24. The SMILES string of the molecule is Cc1nc2c(S(=O)(=O)Cl)cccc2c(=O)n1C. The summed E-state index contributed by atoms with van der Waals surface area (Å²) in [5, 5.41) is 0.236. The van der Waals surface area contributed by atoms with Gasteiger partial charge in [0.25, 0.3) is 14.6 Å². The molecule has 0 amide bonds. The molecular formula is C10H9ClN2O3S. The molecule has 7 heteroatoms. The molecule has 1 aromatic heterocycles. The lowest BCUT2D eigenvalue weighted by molar-refractivity contribution is 0.610. The lowest BCUT2D eigenvalue weighted by Crippen LogP contribution is -2.21. The predicted octanol–water partition coefficient (Wildman–Crippen LogP) is 1.17. The average molecular weight is 273 g/mol. The van der Waals surface area contributed by atoms with Crippen molar-refractivity contribution in [2.75, 3.05) is 0 Å². The number of aryl methyl sites for hydroxylation is 1. The highest BCUT2D eigenvalue weighted by molar-refractivity contribution is 8.14. The maximum absolute atomic E-state index is 11.9. The highest BCUT2D eigenvalue weighted by atomic mass is 35.7. The molecule has 1 heterocycles. The van der Waals surface area contributed by atoms with E-state index in [2.05, 4.69) is 4.98 Å². The molecule has 0 aliphatic rings. The second-order valence-corrected chi connectivity index (χ2v) is 6.15. The van der Waals surface area contributed by atoms with Gasteiger partial charge in [-0.25, -0.2) is 13.4 Å². The minimum Gasteiger partial charge on any atom is -0.299 e. The van der Waals surface area contributed by atoms with E-state index in [1.165, 1.54) is 22.8 Å². The number of benzene rings is 1. The second-order valence-electron chi connectivity index (χ2n) is 3.61. The Kier molecular flexibility index (Phi) is 2.71. The molecular weight excluding hydrogens is 264 g/mol. The minimum atomic E-state index is -3.91. The van der Waals surface area contributed by atoms with Crippen molar-refractivity contribution in [1.29, 1.82) is 0 Å². The fourth-order valence-electron chi connectivity index (χ4n) is 1.57. The molecule has 5 nitrogen and oxygen atoms in total. The number of hydrogen-bond acceptors (Lipinski definition) is 4. The van der Waals surface area contributed by atoms with Gasteiger partial charge in [-0.15, -0.1) is 0 Å². The zero-order valence-electron chi connectivity index (χ0n) is 9.14. The summed E-state index contributed by atoms with van der Waals surface area (Å²) < 4.78 is 24.1. The van der Waals surface area contributed by atoms with Gasteiger partial charge in [0.15, 0.2) is 0 Å². The topological polar surface area (TPSA) is 69.0 Å². The number of halogens is 1. The first-order chi connectivity index (χ1) is 7.82. The van der Waals surface area contributed by atoms with Gasteiger partial charge in [0.2, 0.25) is 0 Å². The van der Waals surface area contributed by atoms with Gasteiger partial charge in [-0.2, -0.15) is 0 Å². The summed E-state index contributed by atoms with van der Waals surface area (Å²) in [5.74, 6) is 0.426. The lowest BCUT2D eigenvalue weighted by atomic mass is 10.2. The van der Waals surface area contributed by atoms with Crippen LogP contribution >= 0.6 is 10.7 Å². The minimum absolute atomic E-state index is 0.114. The van der Waals surface area contributed by atoms with Gasteiger partial charge in [-0.05, 0) is 19.1 Å². The summed E-state index contributed by atoms with van der Waals surface area (Å²) in [7, 11) is 2.97. The third-order valence-corrected chi connectivity index (χ3v) is 3.91. The molecule has 2 aromatic rings. The van der Waals surface area contributed by atoms with E-state index < -0.39 is 9.05 Å². The maximum Gasteiger partial charge on any atom is 0.263 e. The standard InChI is InChI=1S/C10H9ClN2O3S/c1-6-12-9-7(10(14)13(6)2)4-3-5-8(9)17(11,15)16/h3-5H,1-2H3. The van der Waals surface area contributed by atoms with Gasteiger partial charge in [0.1, 0.15) is 10.7 Å². The largest absolute Gasteiger partial charge is 0.299 e. The van der Waals surface area contributed by atoms with Crippen LogP contribution in [-0.2, 0) is 16.1 Å². The lowest BCUT2D eigenvalue weighted by Gasteiger charge is -2.07. The van der Waals surface area contributed by atoms with Crippen LogP contribution in [0.5, 0.6) is 0 Å². The Morgan fingerprint density at radius 1 is 1.35 bits per heavy atom. The monoisotopic (exact) mass is 272 g/mol. The Morgan fingerprint density at radius 3 is 2.59 bits per heavy atom. The molecule has 0 saturated carbocycles. The Morgan fingerprint density at radius 2 is 2.00 bits per heavy atom.